The predicted octanol–water partition coefficient (Wildman–Crippen LogP) is 3.65. The van der Waals surface area contributed by atoms with Gasteiger partial charge in [-0.05, 0) is 50.1 Å². The van der Waals surface area contributed by atoms with Crippen molar-refractivity contribution in [2.75, 3.05) is 0 Å². The van der Waals surface area contributed by atoms with E-state index in [1.165, 1.54) is 0 Å². The van der Waals surface area contributed by atoms with Gasteiger partial charge in [0.2, 0.25) is 11.8 Å². The highest BCUT2D eigenvalue weighted by atomic mass is 32.2. The van der Waals surface area contributed by atoms with Crippen molar-refractivity contribution in [3.8, 4) is 17.3 Å². The molecule has 1 fully saturated rings. The number of oxazole rings is 1. The Kier molecular flexibility index (Phi) is 5.85. The minimum absolute atomic E-state index is 0.285. The molecule has 1 saturated heterocycles. The number of rotatable bonds is 6. The van der Waals surface area contributed by atoms with E-state index in [0.717, 1.165) is 17.3 Å². The number of carbonyl (C=O) groups is 3. The Balaban J connectivity index is 1.41. The lowest BCUT2D eigenvalue weighted by molar-refractivity contribution is -0.135. The molecule has 8 nitrogen and oxygen atoms in total. The smallest absolute Gasteiger partial charge is 0.320 e. The molecule has 4 rings (SSSR count). The molecule has 31 heavy (non-hydrogen) atoms. The Labute approximate surface area is 182 Å². The molecule has 2 amide bonds. The average Bonchev–Trinajstić information content (AvgIpc) is 3.30. The van der Waals surface area contributed by atoms with Gasteiger partial charge in [0.05, 0.1) is 10.9 Å². The topological polar surface area (TPSA) is 111 Å². The van der Waals surface area contributed by atoms with Gasteiger partial charge >= 0.3 is 5.97 Å². The Morgan fingerprint density at radius 3 is 2.65 bits per heavy atom. The molecule has 0 aliphatic carbocycles. The summed E-state index contributed by atoms with van der Waals surface area (Å²) in [4.78, 5) is 44.2. The summed E-state index contributed by atoms with van der Waals surface area (Å²) in [5.74, 6) is -0.121. The van der Waals surface area contributed by atoms with Gasteiger partial charge in [-0.25, -0.2) is 4.98 Å². The summed E-state index contributed by atoms with van der Waals surface area (Å²) in [6, 6.07) is 12.3. The van der Waals surface area contributed by atoms with Crippen molar-refractivity contribution in [2.45, 2.75) is 31.4 Å². The average molecular weight is 437 g/mol. The van der Waals surface area contributed by atoms with Crippen LogP contribution in [0.3, 0.4) is 0 Å². The minimum Gasteiger partial charge on any atom is -0.440 e. The van der Waals surface area contributed by atoms with E-state index < -0.39 is 17.1 Å². The van der Waals surface area contributed by atoms with Crippen LogP contribution in [-0.4, -0.2) is 32.3 Å². The molecule has 1 aromatic carbocycles. The summed E-state index contributed by atoms with van der Waals surface area (Å²) >= 11 is 0.981. The van der Waals surface area contributed by atoms with Crippen LogP contribution in [0, 0.1) is 6.92 Å². The highest BCUT2D eigenvalue weighted by Crippen LogP contribution is 2.27. The van der Waals surface area contributed by atoms with E-state index >= 15 is 0 Å². The largest absolute Gasteiger partial charge is 0.440 e. The Bertz CT molecular complexity index is 1130. The van der Waals surface area contributed by atoms with Gasteiger partial charge < -0.3 is 9.15 Å². The number of ether oxygens (including phenoxy) is 1. The van der Waals surface area contributed by atoms with E-state index in [9.17, 15) is 14.4 Å². The van der Waals surface area contributed by atoms with Gasteiger partial charge in [0.25, 0.3) is 5.24 Å². The van der Waals surface area contributed by atoms with Gasteiger partial charge in [0, 0.05) is 6.20 Å². The van der Waals surface area contributed by atoms with Crippen molar-refractivity contribution in [3.05, 3.63) is 65.7 Å². The second-order valence-corrected chi connectivity index (χ2v) is 8.23. The van der Waals surface area contributed by atoms with E-state index in [4.69, 9.17) is 9.15 Å². The number of thioether (sulfide) groups is 1. The van der Waals surface area contributed by atoms with Crippen molar-refractivity contribution >= 4 is 28.9 Å². The molecule has 2 unspecified atom stereocenters. The third kappa shape index (κ3) is 4.66. The second-order valence-electron chi connectivity index (χ2n) is 7.05. The Morgan fingerprint density at radius 2 is 2.00 bits per heavy atom. The lowest BCUT2D eigenvalue weighted by Crippen LogP contribution is -2.25. The van der Waals surface area contributed by atoms with Crippen LogP contribution < -0.4 is 10.1 Å². The van der Waals surface area contributed by atoms with Crippen LogP contribution >= 0.6 is 11.8 Å². The van der Waals surface area contributed by atoms with E-state index in [0.29, 0.717) is 35.2 Å². The maximum Gasteiger partial charge on any atom is 0.320 e. The number of hydrogen-bond donors (Lipinski definition) is 1. The maximum absolute atomic E-state index is 12.6. The zero-order chi connectivity index (χ0) is 22.0. The Morgan fingerprint density at radius 1 is 1.23 bits per heavy atom. The normalized spacial score (nSPS) is 16.8. The van der Waals surface area contributed by atoms with Gasteiger partial charge in [-0.15, -0.1) is 0 Å². The van der Waals surface area contributed by atoms with Crippen LogP contribution in [0.4, 0.5) is 4.79 Å². The molecule has 0 bridgehead atoms. The summed E-state index contributed by atoms with van der Waals surface area (Å²) < 4.78 is 11.2. The zero-order valence-corrected chi connectivity index (χ0v) is 17.6. The number of amides is 2. The van der Waals surface area contributed by atoms with Crippen molar-refractivity contribution in [1.29, 1.82) is 0 Å². The quantitative estimate of drug-likeness (QED) is 0.459. The number of nitrogens with zero attached hydrogens (tertiary/aromatic N) is 2. The van der Waals surface area contributed by atoms with Gasteiger partial charge in [-0.2, -0.15) is 0 Å². The predicted molar refractivity (Wildman–Crippen MR) is 114 cm³/mol. The first-order chi connectivity index (χ1) is 14.9. The molecule has 1 N–H and O–H groups in total. The van der Waals surface area contributed by atoms with Gasteiger partial charge in [-0.3, -0.25) is 24.7 Å². The number of aryl methyl sites for hydroxylation is 1. The fourth-order valence-corrected chi connectivity index (χ4v) is 4.02. The van der Waals surface area contributed by atoms with E-state index in [1.54, 1.807) is 56.4 Å². The van der Waals surface area contributed by atoms with Crippen LogP contribution in [0.2, 0.25) is 0 Å². The van der Waals surface area contributed by atoms with Crippen molar-refractivity contribution in [2.24, 2.45) is 0 Å². The minimum atomic E-state index is -0.634. The van der Waals surface area contributed by atoms with Gasteiger partial charge in [0.15, 0.2) is 0 Å². The second kappa shape index (κ2) is 8.73. The van der Waals surface area contributed by atoms with Crippen LogP contribution in [0.25, 0.3) is 11.6 Å². The highest BCUT2D eigenvalue weighted by molar-refractivity contribution is 8.15. The molecule has 0 spiro atoms. The van der Waals surface area contributed by atoms with Crippen molar-refractivity contribution < 1.29 is 23.5 Å². The fourth-order valence-electron chi connectivity index (χ4n) is 3.16. The van der Waals surface area contributed by atoms with Crippen molar-refractivity contribution in [3.63, 3.8) is 0 Å². The first-order valence-electron chi connectivity index (χ1n) is 9.61. The van der Waals surface area contributed by atoms with Gasteiger partial charge in [-0.1, -0.05) is 30.0 Å². The van der Waals surface area contributed by atoms with Gasteiger partial charge in [0.1, 0.15) is 23.1 Å². The third-order valence-corrected chi connectivity index (χ3v) is 5.79. The zero-order valence-electron chi connectivity index (χ0n) is 16.8. The molecule has 158 valence electrons. The van der Waals surface area contributed by atoms with Crippen LogP contribution in [-0.2, 0) is 16.0 Å². The maximum atomic E-state index is 12.6. The highest BCUT2D eigenvalue weighted by Gasteiger charge is 2.31. The summed E-state index contributed by atoms with van der Waals surface area (Å²) in [5.41, 5.74) is 1.95. The number of esters is 1. The SMILES string of the molecule is Cc1oc(-c2ccccn2)nc1C(C)C(=O)Oc1ccc(CC2SC(=O)NC2=O)cc1. The first kappa shape index (κ1) is 20.8. The molecule has 3 heterocycles. The number of imide groups is 1. The molecule has 0 saturated carbocycles. The van der Waals surface area contributed by atoms with E-state index in [1.807, 2.05) is 6.07 Å². The van der Waals surface area contributed by atoms with Crippen LogP contribution in [0.15, 0.2) is 53.1 Å². The van der Waals surface area contributed by atoms with Crippen molar-refractivity contribution in [1.82, 2.24) is 15.3 Å². The summed E-state index contributed by atoms with van der Waals surface area (Å²) in [7, 11) is 0. The first-order valence-corrected chi connectivity index (χ1v) is 10.5. The molecule has 2 aromatic heterocycles. The molecular formula is C22H19N3O5S. The molecule has 2 atom stereocenters. The molecule has 1 aliphatic rings. The summed E-state index contributed by atoms with van der Waals surface area (Å²) in [5, 5.41) is 1.50. The summed E-state index contributed by atoms with van der Waals surface area (Å²) in [6.45, 7) is 3.45. The van der Waals surface area contributed by atoms with E-state index in [-0.39, 0.29) is 11.1 Å². The summed E-state index contributed by atoms with van der Waals surface area (Å²) in [6.07, 6.45) is 2.06. The number of hydrogen-bond acceptors (Lipinski definition) is 8. The number of pyridine rings is 1. The molecule has 9 heteroatoms. The number of carbonyl (C=O) groups excluding carboxylic acids is 3. The molecule has 1 aliphatic heterocycles. The van der Waals surface area contributed by atoms with Crippen LogP contribution in [0.5, 0.6) is 5.75 Å². The third-order valence-electron chi connectivity index (χ3n) is 4.81. The monoisotopic (exact) mass is 437 g/mol. The fraction of sp³-hybridized carbons (Fsp3) is 0.227. The lowest BCUT2D eigenvalue weighted by Gasteiger charge is -2.10. The molecular weight excluding hydrogens is 418 g/mol. The van der Waals surface area contributed by atoms with E-state index in [2.05, 4.69) is 15.3 Å². The lowest BCUT2D eigenvalue weighted by atomic mass is 10.1. The Hall–Kier alpha value is -3.46. The van der Waals surface area contributed by atoms with Crippen LogP contribution in [0.1, 0.15) is 29.9 Å². The number of nitrogens with one attached hydrogen (secondary N) is 1. The number of benzene rings is 1. The number of aromatic nitrogens is 2. The standard InChI is InChI=1S/C22H19N3O5S/c1-12(18-13(2)29-20(24-18)16-5-3-4-10-23-16)21(27)30-15-8-6-14(7-9-15)11-17-19(26)25-22(28)31-17/h3-10,12,17H,11H2,1-2H3,(H,25,26,28). The molecule has 0 radical (unpaired) electrons. The molecule has 3 aromatic rings.